The van der Waals surface area contributed by atoms with Gasteiger partial charge in [-0.05, 0) is 50.3 Å². The molecule has 0 aromatic heterocycles. The summed E-state index contributed by atoms with van der Waals surface area (Å²) in [5.74, 6) is 1.73. The van der Waals surface area contributed by atoms with Crippen molar-refractivity contribution in [3.8, 4) is 5.75 Å². The van der Waals surface area contributed by atoms with Gasteiger partial charge in [-0.1, -0.05) is 0 Å². The lowest BCUT2D eigenvalue weighted by Crippen LogP contribution is -2.18. The molecule has 0 aliphatic carbocycles. The first-order valence-corrected chi connectivity index (χ1v) is 5.74. The molecule has 0 saturated carbocycles. The van der Waals surface area contributed by atoms with Crippen molar-refractivity contribution in [1.29, 1.82) is 0 Å². The standard InChI is InChI=1S/C14H17NO2/c1-4-16-13-8-6-12(7-9-13)14-10-5-11(2)15(3)17-14/h5-10H,4H2,1-3H3. The topological polar surface area (TPSA) is 21.7 Å². The second-order valence-electron chi connectivity index (χ2n) is 3.89. The average Bonchev–Trinajstić information content (AvgIpc) is 2.34. The van der Waals surface area contributed by atoms with Crippen molar-refractivity contribution in [2.45, 2.75) is 13.8 Å². The number of rotatable bonds is 3. The van der Waals surface area contributed by atoms with E-state index >= 15 is 0 Å². The van der Waals surface area contributed by atoms with Gasteiger partial charge in [0.2, 0.25) is 0 Å². The molecule has 0 saturated heterocycles. The molecular formula is C14H17NO2. The zero-order chi connectivity index (χ0) is 12.3. The fourth-order valence-corrected chi connectivity index (χ4v) is 1.58. The van der Waals surface area contributed by atoms with Crippen LogP contribution in [0.1, 0.15) is 19.4 Å². The highest BCUT2D eigenvalue weighted by Crippen LogP contribution is 2.24. The SMILES string of the molecule is CCOc1ccc(C2=CC=C(C)N(C)O2)cc1. The van der Waals surface area contributed by atoms with Crippen LogP contribution in [0.15, 0.2) is 42.1 Å². The highest BCUT2D eigenvalue weighted by atomic mass is 16.7. The summed E-state index contributed by atoms with van der Waals surface area (Å²) in [5.41, 5.74) is 2.13. The molecule has 0 fully saturated rings. The smallest absolute Gasteiger partial charge is 0.162 e. The lowest BCUT2D eigenvalue weighted by Gasteiger charge is -2.25. The number of ether oxygens (including phenoxy) is 1. The zero-order valence-electron chi connectivity index (χ0n) is 10.4. The lowest BCUT2D eigenvalue weighted by molar-refractivity contribution is -0.0297. The third-order valence-corrected chi connectivity index (χ3v) is 2.66. The molecule has 17 heavy (non-hydrogen) atoms. The molecule has 1 aliphatic heterocycles. The first-order chi connectivity index (χ1) is 8.20. The van der Waals surface area contributed by atoms with Crippen molar-refractivity contribution in [3.05, 3.63) is 47.7 Å². The van der Waals surface area contributed by atoms with Crippen LogP contribution in [-0.4, -0.2) is 18.7 Å². The van der Waals surface area contributed by atoms with E-state index in [4.69, 9.17) is 9.57 Å². The molecule has 0 unspecified atom stereocenters. The van der Waals surface area contributed by atoms with Gasteiger partial charge >= 0.3 is 0 Å². The molecule has 0 amide bonds. The van der Waals surface area contributed by atoms with E-state index in [0.29, 0.717) is 6.61 Å². The molecule has 0 atom stereocenters. The number of allylic oxidation sites excluding steroid dienone is 3. The Morgan fingerprint density at radius 3 is 2.47 bits per heavy atom. The molecule has 1 aromatic carbocycles. The minimum atomic E-state index is 0.684. The van der Waals surface area contributed by atoms with E-state index in [9.17, 15) is 0 Å². The van der Waals surface area contributed by atoms with Gasteiger partial charge in [-0.3, -0.25) is 0 Å². The summed E-state index contributed by atoms with van der Waals surface area (Å²) in [4.78, 5) is 5.67. The van der Waals surface area contributed by atoms with E-state index in [1.54, 1.807) is 5.06 Å². The highest BCUT2D eigenvalue weighted by molar-refractivity contribution is 5.62. The van der Waals surface area contributed by atoms with Crippen molar-refractivity contribution in [2.75, 3.05) is 13.7 Å². The number of nitrogens with zero attached hydrogens (tertiary/aromatic N) is 1. The first kappa shape index (κ1) is 11.6. The Hall–Kier alpha value is -1.90. The van der Waals surface area contributed by atoms with Gasteiger partial charge < -0.3 is 9.57 Å². The number of hydrogen-bond acceptors (Lipinski definition) is 3. The monoisotopic (exact) mass is 231 g/mol. The van der Waals surface area contributed by atoms with Crippen LogP contribution < -0.4 is 4.74 Å². The number of hydrogen-bond donors (Lipinski definition) is 0. The average molecular weight is 231 g/mol. The molecule has 3 heteroatoms. The largest absolute Gasteiger partial charge is 0.494 e. The minimum absolute atomic E-state index is 0.684. The van der Waals surface area contributed by atoms with Crippen molar-refractivity contribution in [3.63, 3.8) is 0 Å². The fraction of sp³-hybridized carbons (Fsp3) is 0.286. The van der Waals surface area contributed by atoms with E-state index < -0.39 is 0 Å². The van der Waals surface area contributed by atoms with Crippen LogP contribution in [0.2, 0.25) is 0 Å². The molecule has 0 N–H and O–H groups in total. The van der Waals surface area contributed by atoms with Crippen molar-refractivity contribution in [2.24, 2.45) is 0 Å². The van der Waals surface area contributed by atoms with E-state index in [1.807, 2.05) is 57.3 Å². The van der Waals surface area contributed by atoms with Crippen LogP contribution in [0.25, 0.3) is 5.76 Å². The third-order valence-electron chi connectivity index (χ3n) is 2.66. The zero-order valence-corrected chi connectivity index (χ0v) is 10.4. The normalized spacial score (nSPS) is 14.9. The fourth-order valence-electron chi connectivity index (χ4n) is 1.58. The summed E-state index contributed by atoms with van der Waals surface area (Å²) in [6.07, 6.45) is 4.01. The Morgan fingerprint density at radius 1 is 1.18 bits per heavy atom. The third kappa shape index (κ3) is 2.61. The van der Waals surface area contributed by atoms with Crippen LogP contribution in [0.3, 0.4) is 0 Å². The Labute approximate surface area is 102 Å². The molecule has 0 bridgehead atoms. The number of hydroxylamine groups is 2. The predicted molar refractivity (Wildman–Crippen MR) is 68.2 cm³/mol. The summed E-state index contributed by atoms with van der Waals surface area (Å²) in [6, 6.07) is 7.90. The maximum atomic E-state index is 5.67. The lowest BCUT2D eigenvalue weighted by atomic mass is 10.1. The van der Waals surface area contributed by atoms with Gasteiger partial charge in [0.1, 0.15) is 5.75 Å². The van der Waals surface area contributed by atoms with Gasteiger partial charge in [0.25, 0.3) is 0 Å². The number of benzene rings is 1. The molecule has 90 valence electrons. The summed E-state index contributed by atoms with van der Waals surface area (Å²) in [7, 11) is 1.90. The summed E-state index contributed by atoms with van der Waals surface area (Å²) in [6.45, 7) is 4.66. The molecule has 1 aliphatic rings. The van der Waals surface area contributed by atoms with E-state index in [2.05, 4.69) is 0 Å². The van der Waals surface area contributed by atoms with Crippen molar-refractivity contribution < 1.29 is 9.57 Å². The Bertz CT molecular complexity index is 446. The van der Waals surface area contributed by atoms with Crippen LogP contribution in [-0.2, 0) is 4.84 Å². The Balaban J connectivity index is 2.18. The van der Waals surface area contributed by atoms with Gasteiger partial charge in [-0.25, -0.2) is 5.06 Å². The molecule has 0 spiro atoms. The summed E-state index contributed by atoms with van der Waals surface area (Å²) >= 11 is 0. The van der Waals surface area contributed by atoms with E-state index in [1.165, 1.54) is 0 Å². The first-order valence-electron chi connectivity index (χ1n) is 5.74. The second-order valence-corrected chi connectivity index (χ2v) is 3.89. The molecule has 1 aromatic rings. The molecular weight excluding hydrogens is 214 g/mol. The van der Waals surface area contributed by atoms with Crippen molar-refractivity contribution in [1.82, 2.24) is 5.06 Å². The minimum Gasteiger partial charge on any atom is -0.494 e. The molecule has 3 nitrogen and oxygen atoms in total. The van der Waals surface area contributed by atoms with Gasteiger partial charge in [0, 0.05) is 18.3 Å². The molecule has 2 rings (SSSR count). The van der Waals surface area contributed by atoms with Crippen LogP contribution >= 0.6 is 0 Å². The van der Waals surface area contributed by atoms with Crippen LogP contribution in [0.5, 0.6) is 5.75 Å². The van der Waals surface area contributed by atoms with Gasteiger partial charge in [0.05, 0.1) is 6.61 Å². The summed E-state index contributed by atoms with van der Waals surface area (Å²) < 4.78 is 5.40. The Kier molecular flexibility index (Phi) is 3.38. The predicted octanol–water partition coefficient (Wildman–Crippen LogP) is 3.21. The van der Waals surface area contributed by atoms with Crippen molar-refractivity contribution >= 4 is 5.76 Å². The maximum absolute atomic E-state index is 5.67. The van der Waals surface area contributed by atoms with Gasteiger partial charge in [-0.15, -0.1) is 0 Å². The highest BCUT2D eigenvalue weighted by Gasteiger charge is 2.11. The summed E-state index contributed by atoms with van der Waals surface area (Å²) in [5, 5.41) is 1.76. The van der Waals surface area contributed by atoms with Gasteiger partial charge in [-0.2, -0.15) is 0 Å². The maximum Gasteiger partial charge on any atom is 0.162 e. The quantitative estimate of drug-likeness (QED) is 0.797. The Morgan fingerprint density at radius 2 is 1.88 bits per heavy atom. The molecule has 1 heterocycles. The van der Waals surface area contributed by atoms with E-state index in [-0.39, 0.29) is 0 Å². The van der Waals surface area contributed by atoms with E-state index in [0.717, 1.165) is 22.8 Å². The van der Waals surface area contributed by atoms with Gasteiger partial charge in [0.15, 0.2) is 5.76 Å². The second kappa shape index (κ2) is 4.95. The van der Waals surface area contributed by atoms with Crippen LogP contribution in [0.4, 0.5) is 0 Å². The van der Waals surface area contributed by atoms with Crippen LogP contribution in [0, 0.1) is 0 Å². The molecule has 0 radical (unpaired) electrons.